The van der Waals surface area contributed by atoms with Crippen molar-refractivity contribution in [2.75, 3.05) is 26.2 Å². The SMILES string of the molecule is O=C(NC1CC1)[C@@H]1CCCN(C2CCN(C(=O)CCc3cccs3)CC2)C1. The molecular weight excluding hydrogens is 358 g/mol. The molecule has 2 amide bonds. The highest BCUT2D eigenvalue weighted by Crippen LogP contribution is 2.26. The largest absolute Gasteiger partial charge is 0.353 e. The van der Waals surface area contributed by atoms with Gasteiger partial charge in [0.2, 0.25) is 11.8 Å². The molecule has 0 aromatic carbocycles. The Balaban J connectivity index is 1.21. The van der Waals surface area contributed by atoms with E-state index in [-0.39, 0.29) is 11.8 Å². The first-order valence-electron chi connectivity index (χ1n) is 10.5. The van der Waals surface area contributed by atoms with Crippen molar-refractivity contribution in [2.24, 2.45) is 5.92 Å². The Bertz CT molecular complexity index is 636. The van der Waals surface area contributed by atoms with Gasteiger partial charge in [-0.1, -0.05) is 6.07 Å². The van der Waals surface area contributed by atoms with Gasteiger partial charge in [-0.15, -0.1) is 11.3 Å². The zero-order valence-corrected chi connectivity index (χ0v) is 16.9. The Morgan fingerprint density at radius 1 is 1.11 bits per heavy atom. The molecule has 3 aliphatic rings. The van der Waals surface area contributed by atoms with Gasteiger partial charge in [-0.25, -0.2) is 0 Å². The number of nitrogens with one attached hydrogen (secondary N) is 1. The third-order valence-corrected chi connectivity index (χ3v) is 7.18. The lowest BCUT2D eigenvalue weighted by molar-refractivity contribution is -0.132. The fourth-order valence-electron chi connectivity index (χ4n) is 4.42. The topological polar surface area (TPSA) is 52.7 Å². The number of hydrogen-bond donors (Lipinski definition) is 1. The second kappa shape index (κ2) is 8.74. The monoisotopic (exact) mass is 389 g/mol. The summed E-state index contributed by atoms with van der Waals surface area (Å²) in [5.74, 6) is 0.718. The molecule has 1 saturated carbocycles. The van der Waals surface area contributed by atoms with Crippen LogP contribution in [0.4, 0.5) is 0 Å². The summed E-state index contributed by atoms with van der Waals surface area (Å²) in [5, 5.41) is 5.25. The zero-order valence-electron chi connectivity index (χ0n) is 16.1. The number of hydrogen-bond acceptors (Lipinski definition) is 4. The lowest BCUT2D eigenvalue weighted by atomic mass is 9.93. The highest BCUT2D eigenvalue weighted by molar-refractivity contribution is 7.09. The zero-order chi connectivity index (χ0) is 18.6. The van der Waals surface area contributed by atoms with Crippen LogP contribution in [0.1, 0.15) is 49.8 Å². The van der Waals surface area contributed by atoms with Crippen LogP contribution in [0.2, 0.25) is 0 Å². The van der Waals surface area contributed by atoms with Gasteiger partial charge in [0.25, 0.3) is 0 Å². The summed E-state index contributed by atoms with van der Waals surface area (Å²) < 4.78 is 0. The smallest absolute Gasteiger partial charge is 0.224 e. The molecule has 1 aromatic rings. The van der Waals surface area contributed by atoms with E-state index in [1.54, 1.807) is 11.3 Å². The molecule has 2 aliphatic heterocycles. The van der Waals surface area contributed by atoms with Crippen molar-refractivity contribution in [1.82, 2.24) is 15.1 Å². The average molecular weight is 390 g/mol. The molecule has 148 valence electrons. The molecule has 1 N–H and O–H groups in total. The van der Waals surface area contributed by atoms with Gasteiger partial charge in [0.05, 0.1) is 5.92 Å². The van der Waals surface area contributed by atoms with Gasteiger partial charge < -0.3 is 10.2 Å². The quantitative estimate of drug-likeness (QED) is 0.814. The fourth-order valence-corrected chi connectivity index (χ4v) is 5.13. The molecule has 4 rings (SSSR count). The number of aryl methyl sites for hydroxylation is 1. The fraction of sp³-hybridized carbons (Fsp3) is 0.714. The Hall–Kier alpha value is -1.40. The second-order valence-corrected chi connectivity index (χ2v) is 9.34. The van der Waals surface area contributed by atoms with Crippen molar-refractivity contribution < 1.29 is 9.59 Å². The van der Waals surface area contributed by atoms with E-state index in [2.05, 4.69) is 21.7 Å². The third kappa shape index (κ3) is 5.11. The second-order valence-electron chi connectivity index (χ2n) is 8.31. The third-order valence-electron chi connectivity index (χ3n) is 6.25. The highest BCUT2D eigenvalue weighted by atomic mass is 32.1. The number of thiophene rings is 1. The number of amides is 2. The minimum atomic E-state index is 0.157. The van der Waals surface area contributed by atoms with Crippen molar-refractivity contribution in [3.63, 3.8) is 0 Å². The van der Waals surface area contributed by atoms with E-state index in [4.69, 9.17) is 0 Å². The molecule has 0 bridgehead atoms. The van der Waals surface area contributed by atoms with Crippen molar-refractivity contribution in [3.05, 3.63) is 22.4 Å². The van der Waals surface area contributed by atoms with Gasteiger partial charge in [0.1, 0.15) is 0 Å². The molecule has 27 heavy (non-hydrogen) atoms. The van der Waals surface area contributed by atoms with Crippen LogP contribution in [0.5, 0.6) is 0 Å². The molecule has 0 spiro atoms. The number of carbonyl (C=O) groups excluding carboxylic acids is 2. The van der Waals surface area contributed by atoms with E-state index in [0.29, 0.717) is 24.4 Å². The summed E-state index contributed by atoms with van der Waals surface area (Å²) in [4.78, 5) is 30.8. The maximum Gasteiger partial charge on any atom is 0.224 e. The first-order chi connectivity index (χ1) is 13.2. The minimum absolute atomic E-state index is 0.157. The summed E-state index contributed by atoms with van der Waals surface area (Å²) in [6.07, 6.45) is 8.02. The van der Waals surface area contributed by atoms with Crippen LogP contribution < -0.4 is 5.32 Å². The summed E-state index contributed by atoms with van der Waals surface area (Å²) in [7, 11) is 0. The number of likely N-dealkylation sites (tertiary alicyclic amines) is 2. The van der Waals surface area contributed by atoms with E-state index in [1.807, 2.05) is 11.0 Å². The Morgan fingerprint density at radius 3 is 2.63 bits per heavy atom. The molecule has 1 atom stereocenters. The summed E-state index contributed by atoms with van der Waals surface area (Å²) in [6.45, 7) is 3.73. The van der Waals surface area contributed by atoms with Gasteiger partial charge in [-0.3, -0.25) is 14.5 Å². The van der Waals surface area contributed by atoms with Crippen molar-refractivity contribution in [1.29, 1.82) is 0 Å². The van der Waals surface area contributed by atoms with Gasteiger partial charge in [0, 0.05) is 43.0 Å². The Kier molecular flexibility index (Phi) is 6.13. The number of rotatable bonds is 6. The van der Waals surface area contributed by atoms with E-state index >= 15 is 0 Å². The number of nitrogens with zero attached hydrogens (tertiary/aromatic N) is 2. The van der Waals surface area contributed by atoms with Gasteiger partial charge >= 0.3 is 0 Å². The Morgan fingerprint density at radius 2 is 1.93 bits per heavy atom. The first-order valence-corrected chi connectivity index (χ1v) is 11.4. The maximum absolute atomic E-state index is 12.5. The van der Waals surface area contributed by atoms with Crippen LogP contribution in [0.25, 0.3) is 0 Å². The molecule has 2 saturated heterocycles. The minimum Gasteiger partial charge on any atom is -0.353 e. The molecule has 5 nitrogen and oxygen atoms in total. The maximum atomic E-state index is 12.5. The lowest BCUT2D eigenvalue weighted by Gasteiger charge is -2.42. The van der Waals surface area contributed by atoms with E-state index in [1.165, 1.54) is 4.88 Å². The number of carbonyl (C=O) groups is 2. The van der Waals surface area contributed by atoms with Gasteiger partial charge in [0.15, 0.2) is 0 Å². The predicted octanol–water partition coefficient (Wildman–Crippen LogP) is 2.66. The first kappa shape index (κ1) is 18.9. The van der Waals surface area contributed by atoms with Gasteiger partial charge in [-0.05, 0) is 62.9 Å². The van der Waals surface area contributed by atoms with Gasteiger partial charge in [-0.2, -0.15) is 0 Å². The van der Waals surface area contributed by atoms with Crippen LogP contribution in [-0.4, -0.2) is 59.9 Å². The van der Waals surface area contributed by atoms with Crippen LogP contribution in [-0.2, 0) is 16.0 Å². The molecule has 3 fully saturated rings. The van der Waals surface area contributed by atoms with Crippen molar-refractivity contribution in [2.45, 2.75) is 63.5 Å². The molecular formula is C21H31N3O2S. The summed E-state index contributed by atoms with van der Waals surface area (Å²) in [6, 6.07) is 5.14. The van der Waals surface area contributed by atoms with Crippen LogP contribution >= 0.6 is 11.3 Å². The summed E-state index contributed by atoms with van der Waals surface area (Å²) in [5.41, 5.74) is 0. The van der Waals surface area contributed by atoms with Crippen molar-refractivity contribution >= 4 is 23.2 Å². The molecule has 1 aliphatic carbocycles. The van der Waals surface area contributed by atoms with E-state index in [9.17, 15) is 9.59 Å². The standard InChI is InChI=1S/C21H31N3O2S/c25-20(8-7-19-4-2-14-27-19)23-12-9-18(10-13-23)24-11-1-3-16(15-24)21(26)22-17-5-6-17/h2,4,14,16-18H,1,3,5-13,15H2,(H,22,26)/t16-/m1/s1. The molecule has 6 heteroatoms. The molecule has 3 heterocycles. The van der Waals surface area contributed by atoms with Crippen LogP contribution in [0.3, 0.4) is 0 Å². The van der Waals surface area contributed by atoms with Crippen LogP contribution in [0.15, 0.2) is 17.5 Å². The van der Waals surface area contributed by atoms with E-state index in [0.717, 1.165) is 71.1 Å². The van der Waals surface area contributed by atoms with Crippen molar-refractivity contribution in [3.8, 4) is 0 Å². The lowest BCUT2D eigenvalue weighted by Crippen LogP contribution is -2.51. The molecule has 0 unspecified atom stereocenters. The average Bonchev–Trinajstić information content (AvgIpc) is 3.37. The Labute approximate surface area is 166 Å². The normalized spacial score (nSPS) is 24.7. The van der Waals surface area contributed by atoms with Crippen LogP contribution in [0, 0.1) is 5.92 Å². The predicted molar refractivity (Wildman–Crippen MR) is 108 cm³/mol. The molecule has 0 radical (unpaired) electrons. The summed E-state index contributed by atoms with van der Waals surface area (Å²) >= 11 is 1.73. The highest BCUT2D eigenvalue weighted by Gasteiger charge is 2.34. The molecule has 1 aromatic heterocycles. The van der Waals surface area contributed by atoms with E-state index < -0.39 is 0 Å². The number of piperidine rings is 2.